The Kier molecular flexibility index (Phi) is 2.70. The van der Waals surface area contributed by atoms with Gasteiger partial charge in [-0.15, -0.1) is 0 Å². The minimum Gasteiger partial charge on any atom is -0.508 e. The molecule has 94 valence electrons. The van der Waals surface area contributed by atoms with Crippen molar-refractivity contribution >= 4 is 16.8 Å². The summed E-state index contributed by atoms with van der Waals surface area (Å²) >= 11 is 0. The Morgan fingerprint density at radius 1 is 1.39 bits per heavy atom. The minimum atomic E-state index is 0.184. The van der Waals surface area contributed by atoms with E-state index in [1.54, 1.807) is 12.1 Å². The number of phenols is 1. The van der Waals surface area contributed by atoms with Crippen LogP contribution >= 0.6 is 0 Å². The Labute approximate surface area is 105 Å². The monoisotopic (exact) mass is 244 g/mol. The number of hydrogen-bond donors (Lipinski definition) is 2. The van der Waals surface area contributed by atoms with Gasteiger partial charge < -0.3 is 15.0 Å². The van der Waals surface area contributed by atoms with E-state index in [-0.39, 0.29) is 17.6 Å². The van der Waals surface area contributed by atoms with E-state index in [9.17, 15) is 9.90 Å². The van der Waals surface area contributed by atoms with Gasteiger partial charge in [0.2, 0.25) is 5.91 Å². The molecular formula is C14H16N2O2. The molecule has 1 aromatic heterocycles. The van der Waals surface area contributed by atoms with Crippen molar-refractivity contribution in [3.63, 3.8) is 0 Å². The van der Waals surface area contributed by atoms with Crippen LogP contribution in [0.4, 0.5) is 0 Å². The molecule has 0 radical (unpaired) electrons. The van der Waals surface area contributed by atoms with Crippen LogP contribution in [0.15, 0.2) is 30.5 Å². The summed E-state index contributed by atoms with van der Waals surface area (Å²) in [6, 6.07) is 7.29. The van der Waals surface area contributed by atoms with Crippen LogP contribution < -0.4 is 5.32 Å². The minimum absolute atomic E-state index is 0.184. The first-order chi connectivity index (χ1) is 8.74. The number of aromatic nitrogens is 1. The second-order valence-electron chi connectivity index (χ2n) is 4.82. The average molecular weight is 244 g/mol. The standard InChI is InChI=1S/C14H16N2O2/c17-12-3-4-13-11(9-12)5-7-16(13)8-6-15-14(18)10-1-2-10/h3-5,7,9-10,17H,1-2,6,8H2,(H,15,18). The molecule has 0 saturated heterocycles. The van der Waals surface area contributed by atoms with Crippen LogP contribution in [-0.2, 0) is 11.3 Å². The second-order valence-corrected chi connectivity index (χ2v) is 4.82. The Bertz CT molecular complexity index is 584. The van der Waals surface area contributed by atoms with Gasteiger partial charge in [-0.05, 0) is 37.1 Å². The number of benzene rings is 1. The largest absolute Gasteiger partial charge is 0.508 e. The smallest absolute Gasteiger partial charge is 0.223 e. The van der Waals surface area contributed by atoms with Gasteiger partial charge in [0.15, 0.2) is 0 Å². The van der Waals surface area contributed by atoms with E-state index in [4.69, 9.17) is 0 Å². The second kappa shape index (κ2) is 4.37. The number of carbonyl (C=O) groups is 1. The fourth-order valence-corrected chi connectivity index (χ4v) is 2.17. The number of aromatic hydroxyl groups is 1. The number of rotatable bonds is 4. The third-order valence-corrected chi connectivity index (χ3v) is 3.35. The van der Waals surface area contributed by atoms with Crippen LogP contribution in [0.2, 0.25) is 0 Å². The zero-order valence-electron chi connectivity index (χ0n) is 10.1. The summed E-state index contributed by atoms with van der Waals surface area (Å²) in [6.07, 6.45) is 4.06. The molecule has 0 atom stereocenters. The predicted molar refractivity (Wildman–Crippen MR) is 69.3 cm³/mol. The van der Waals surface area contributed by atoms with Gasteiger partial charge in [-0.25, -0.2) is 0 Å². The highest BCUT2D eigenvalue weighted by Gasteiger charge is 2.28. The molecule has 1 amide bonds. The molecule has 3 rings (SSSR count). The van der Waals surface area contributed by atoms with E-state index in [1.807, 2.05) is 18.3 Å². The summed E-state index contributed by atoms with van der Waals surface area (Å²) < 4.78 is 2.09. The number of nitrogens with zero attached hydrogens (tertiary/aromatic N) is 1. The molecule has 1 saturated carbocycles. The van der Waals surface area contributed by atoms with Crippen LogP contribution in [0.25, 0.3) is 10.9 Å². The first-order valence-electron chi connectivity index (χ1n) is 6.29. The normalized spacial score (nSPS) is 14.9. The molecule has 1 aromatic carbocycles. The van der Waals surface area contributed by atoms with Crippen molar-refractivity contribution in [2.75, 3.05) is 6.54 Å². The maximum atomic E-state index is 11.5. The molecule has 18 heavy (non-hydrogen) atoms. The van der Waals surface area contributed by atoms with Crippen molar-refractivity contribution in [3.8, 4) is 5.75 Å². The highest BCUT2D eigenvalue weighted by atomic mass is 16.3. The van der Waals surface area contributed by atoms with E-state index < -0.39 is 0 Å². The maximum Gasteiger partial charge on any atom is 0.223 e. The summed E-state index contributed by atoms with van der Waals surface area (Å²) in [5, 5.41) is 13.4. The molecule has 1 aliphatic carbocycles. The Morgan fingerprint density at radius 2 is 2.22 bits per heavy atom. The number of hydrogen-bond acceptors (Lipinski definition) is 2. The summed E-state index contributed by atoms with van der Waals surface area (Å²) in [7, 11) is 0. The van der Waals surface area contributed by atoms with E-state index in [1.165, 1.54) is 0 Å². The van der Waals surface area contributed by atoms with Crippen LogP contribution in [-0.4, -0.2) is 22.1 Å². The van der Waals surface area contributed by atoms with Gasteiger partial charge in [0.25, 0.3) is 0 Å². The molecule has 2 N–H and O–H groups in total. The van der Waals surface area contributed by atoms with E-state index >= 15 is 0 Å². The Hall–Kier alpha value is -1.97. The van der Waals surface area contributed by atoms with Crippen molar-refractivity contribution in [2.24, 2.45) is 5.92 Å². The van der Waals surface area contributed by atoms with Crippen molar-refractivity contribution in [1.82, 2.24) is 9.88 Å². The number of nitrogens with one attached hydrogen (secondary N) is 1. The third-order valence-electron chi connectivity index (χ3n) is 3.35. The molecule has 1 aliphatic rings. The van der Waals surface area contributed by atoms with Crippen molar-refractivity contribution < 1.29 is 9.90 Å². The topological polar surface area (TPSA) is 54.3 Å². The maximum absolute atomic E-state index is 11.5. The SMILES string of the molecule is O=C(NCCn1ccc2cc(O)ccc21)C1CC1. The highest BCUT2D eigenvalue weighted by Crippen LogP contribution is 2.28. The quantitative estimate of drug-likeness (QED) is 0.862. The van der Waals surface area contributed by atoms with Crippen molar-refractivity contribution in [1.29, 1.82) is 0 Å². The van der Waals surface area contributed by atoms with E-state index in [0.717, 1.165) is 30.3 Å². The number of phenolic OH excluding ortho intramolecular Hbond substituents is 1. The zero-order chi connectivity index (χ0) is 12.5. The first-order valence-corrected chi connectivity index (χ1v) is 6.29. The summed E-state index contributed by atoms with van der Waals surface area (Å²) in [5.41, 5.74) is 1.08. The van der Waals surface area contributed by atoms with E-state index in [0.29, 0.717) is 6.54 Å². The molecule has 0 spiro atoms. The lowest BCUT2D eigenvalue weighted by atomic mass is 10.2. The molecule has 1 fully saturated rings. The number of amides is 1. The van der Waals surface area contributed by atoms with Crippen molar-refractivity contribution in [2.45, 2.75) is 19.4 Å². The van der Waals surface area contributed by atoms with Gasteiger partial charge in [-0.3, -0.25) is 4.79 Å². The third kappa shape index (κ3) is 2.18. The van der Waals surface area contributed by atoms with Crippen LogP contribution in [0.3, 0.4) is 0 Å². The predicted octanol–water partition coefficient (Wildman–Crippen LogP) is 1.87. The van der Waals surface area contributed by atoms with Gasteiger partial charge in [0.1, 0.15) is 5.75 Å². The zero-order valence-corrected chi connectivity index (χ0v) is 10.1. The lowest BCUT2D eigenvalue weighted by Gasteiger charge is -2.07. The van der Waals surface area contributed by atoms with Gasteiger partial charge >= 0.3 is 0 Å². The lowest BCUT2D eigenvalue weighted by molar-refractivity contribution is -0.122. The fraction of sp³-hybridized carbons (Fsp3) is 0.357. The molecule has 1 heterocycles. The highest BCUT2D eigenvalue weighted by molar-refractivity contribution is 5.82. The molecule has 4 heteroatoms. The van der Waals surface area contributed by atoms with Gasteiger partial charge in [0.05, 0.1) is 0 Å². The van der Waals surface area contributed by atoms with Gasteiger partial charge in [-0.2, -0.15) is 0 Å². The fourth-order valence-electron chi connectivity index (χ4n) is 2.17. The van der Waals surface area contributed by atoms with Gasteiger partial charge in [-0.1, -0.05) is 0 Å². The first kappa shape index (κ1) is 11.1. The summed E-state index contributed by atoms with van der Waals surface area (Å²) in [5.74, 6) is 0.731. The molecule has 0 bridgehead atoms. The Balaban J connectivity index is 1.65. The number of fused-ring (bicyclic) bond motifs is 1. The average Bonchev–Trinajstić information content (AvgIpc) is 3.13. The molecule has 4 nitrogen and oxygen atoms in total. The van der Waals surface area contributed by atoms with Crippen LogP contribution in [0, 0.1) is 5.92 Å². The van der Waals surface area contributed by atoms with Crippen LogP contribution in [0.5, 0.6) is 5.75 Å². The number of carbonyl (C=O) groups excluding carboxylic acids is 1. The van der Waals surface area contributed by atoms with Crippen LogP contribution in [0.1, 0.15) is 12.8 Å². The molecular weight excluding hydrogens is 228 g/mol. The summed E-state index contributed by atoms with van der Waals surface area (Å²) in [6.45, 7) is 1.41. The van der Waals surface area contributed by atoms with Gasteiger partial charge in [0, 0.05) is 36.1 Å². The lowest BCUT2D eigenvalue weighted by Crippen LogP contribution is -2.28. The molecule has 0 aliphatic heterocycles. The Morgan fingerprint density at radius 3 is 3.00 bits per heavy atom. The van der Waals surface area contributed by atoms with Crippen molar-refractivity contribution in [3.05, 3.63) is 30.5 Å². The molecule has 2 aromatic rings. The summed E-state index contributed by atoms with van der Waals surface area (Å²) in [4.78, 5) is 11.5. The molecule has 0 unspecified atom stereocenters. The van der Waals surface area contributed by atoms with E-state index in [2.05, 4.69) is 9.88 Å².